The Morgan fingerprint density at radius 1 is 1.24 bits per heavy atom. The Labute approximate surface area is 179 Å². The minimum Gasteiger partial charge on any atom is -0.493 e. The molecule has 2 aromatic carbocycles. The molecule has 1 saturated heterocycles. The fourth-order valence-electron chi connectivity index (χ4n) is 3.70. The van der Waals surface area contributed by atoms with Gasteiger partial charge in [0.25, 0.3) is 0 Å². The van der Waals surface area contributed by atoms with Gasteiger partial charge in [0.1, 0.15) is 5.75 Å². The molecule has 4 rings (SSSR count). The fourth-order valence-corrected chi connectivity index (χ4v) is 4.96. The van der Waals surface area contributed by atoms with Crippen molar-refractivity contribution in [1.82, 2.24) is 4.90 Å². The summed E-state index contributed by atoms with van der Waals surface area (Å²) in [5.41, 5.74) is 0.715. The molecule has 0 radical (unpaired) electrons. The maximum atomic E-state index is 12.9. The molecule has 7 heteroatoms. The molecule has 29 heavy (non-hydrogen) atoms. The molecular weight excluding hydrogens is 408 g/mol. The summed E-state index contributed by atoms with van der Waals surface area (Å²) in [6, 6.07) is 15.2. The molecule has 2 amide bonds. The Balaban J connectivity index is 1.32. The molecule has 5 nitrogen and oxygen atoms in total. The lowest BCUT2D eigenvalue weighted by Crippen LogP contribution is -2.43. The Morgan fingerprint density at radius 3 is 2.90 bits per heavy atom. The topological polar surface area (TPSA) is 58.6 Å². The number of piperidine rings is 1. The third kappa shape index (κ3) is 5.06. The highest BCUT2D eigenvalue weighted by Gasteiger charge is 2.32. The van der Waals surface area contributed by atoms with E-state index in [4.69, 9.17) is 16.3 Å². The van der Waals surface area contributed by atoms with Crippen LogP contribution in [0.2, 0.25) is 5.02 Å². The summed E-state index contributed by atoms with van der Waals surface area (Å²) in [4.78, 5) is 28.1. The minimum atomic E-state index is -0.419. The van der Waals surface area contributed by atoms with Gasteiger partial charge in [-0.3, -0.25) is 9.59 Å². The summed E-state index contributed by atoms with van der Waals surface area (Å²) in [7, 11) is 0. The molecule has 152 valence electrons. The van der Waals surface area contributed by atoms with Crippen molar-refractivity contribution in [3.63, 3.8) is 0 Å². The number of carbonyl (C=O) groups excluding carboxylic acids is 2. The normalized spacial score (nSPS) is 21.3. The van der Waals surface area contributed by atoms with Gasteiger partial charge in [0.15, 0.2) is 0 Å². The highest BCUT2D eigenvalue weighted by Crippen LogP contribution is 2.38. The number of nitrogens with one attached hydrogen (secondary N) is 1. The van der Waals surface area contributed by atoms with Gasteiger partial charge in [-0.2, -0.15) is 0 Å². The maximum absolute atomic E-state index is 12.9. The first-order valence-corrected chi connectivity index (χ1v) is 11.1. The number of likely N-dealkylation sites (tertiary alicyclic amines) is 1. The van der Waals surface area contributed by atoms with Crippen LogP contribution in [0.5, 0.6) is 5.75 Å². The summed E-state index contributed by atoms with van der Waals surface area (Å²) in [6.45, 7) is 2.02. The van der Waals surface area contributed by atoms with Gasteiger partial charge in [0.2, 0.25) is 11.8 Å². The molecule has 2 unspecified atom stereocenters. The third-order valence-corrected chi connectivity index (χ3v) is 6.73. The second-order valence-corrected chi connectivity index (χ2v) is 9.09. The first-order valence-electron chi connectivity index (χ1n) is 9.81. The molecule has 2 heterocycles. The van der Waals surface area contributed by atoms with E-state index < -0.39 is 5.25 Å². The van der Waals surface area contributed by atoms with Crippen LogP contribution in [0.15, 0.2) is 53.4 Å². The number of hydrogen-bond donors (Lipinski definition) is 1. The van der Waals surface area contributed by atoms with Gasteiger partial charge >= 0.3 is 0 Å². The number of halogens is 1. The van der Waals surface area contributed by atoms with Crippen LogP contribution in [0, 0.1) is 5.92 Å². The first kappa shape index (κ1) is 20.1. The zero-order valence-electron chi connectivity index (χ0n) is 16.0. The summed E-state index contributed by atoms with van der Waals surface area (Å²) >= 11 is 7.43. The monoisotopic (exact) mass is 430 g/mol. The van der Waals surface area contributed by atoms with Crippen LogP contribution in [0.3, 0.4) is 0 Å². The summed E-state index contributed by atoms with van der Waals surface area (Å²) in [5, 5.41) is 3.03. The molecule has 2 atom stereocenters. The number of ether oxygens (including phenoxy) is 1. The van der Waals surface area contributed by atoms with Gasteiger partial charge in [0, 0.05) is 35.3 Å². The van der Waals surface area contributed by atoms with Gasteiger partial charge in [0.05, 0.1) is 17.5 Å². The lowest BCUT2D eigenvalue weighted by atomic mass is 9.98. The molecule has 2 aliphatic heterocycles. The molecular formula is C22H23ClN2O3S. The lowest BCUT2D eigenvalue weighted by Gasteiger charge is -2.34. The Bertz CT molecular complexity index is 893. The highest BCUT2D eigenvalue weighted by molar-refractivity contribution is 8.01. The second-order valence-electron chi connectivity index (χ2n) is 7.41. The van der Waals surface area contributed by atoms with Crippen LogP contribution in [0.1, 0.15) is 19.3 Å². The van der Waals surface area contributed by atoms with E-state index in [0.29, 0.717) is 29.8 Å². The number of rotatable bonds is 5. The molecule has 2 aliphatic rings. The molecule has 0 spiro atoms. The van der Waals surface area contributed by atoms with Crippen LogP contribution in [-0.4, -0.2) is 41.7 Å². The number of carbonyl (C=O) groups is 2. The maximum Gasteiger partial charge on any atom is 0.238 e. The van der Waals surface area contributed by atoms with Gasteiger partial charge in [-0.15, -0.1) is 11.8 Å². The fraction of sp³-hybridized carbons (Fsp3) is 0.364. The SMILES string of the molecule is O=C1Nc2cc(Cl)ccc2SC1CC(=O)N1CCCC(COc2ccccc2)C1. The number of anilines is 1. The number of para-hydroxylation sites is 1. The van der Waals surface area contributed by atoms with Crippen molar-refractivity contribution in [1.29, 1.82) is 0 Å². The predicted octanol–water partition coefficient (Wildman–Crippen LogP) is 4.46. The predicted molar refractivity (Wildman–Crippen MR) is 116 cm³/mol. The van der Waals surface area contributed by atoms with E-state index in [1.165, 1.54) is 11.8 Å². The highest BCUT2D eigenvalue weighted by atomic mass is 35.5. The van der Waals surface area contributed by atoms with Gasteiger partial charge in [-0.1, -0.05) is 29.8 Å². The lowest BCUT2D eigenvalue weighted by molar-refractivity contribution is -0.134. The van der Waals surface area contributed by atoms with E-state index in [9.17, 15) is 9.59 Å². The minimum absolute atomic E-state index is 0.0273. The zero-order valence-corrected chi connectivity index (χ0v) is 17.5. The summed E-state index contributed by atoms with van der Waals surface area (Å²) in [5.74, 6) is 1.05. The largest absolute Gasteiger partial charge is 0.493 e. The van der Waals surface area contributed by atoms with Crippen LogP contribution in [0.4, 0.5) is 5.69 Å². The number of amides is 2. The van der Waals surface area contributed by atoms with E-state index in [1.54, 1.807) is 12.1 Å². The molecule has 1 fully saturated rings. The van der Waals surface area contributed by atoms with Gasteiger partial charge in [-0.25, -0.2) is 0 Å². The smallest absolute Gasteiger partial charge is 0.238 e. The molecule has 0 aliphatic carbocycles. The molecule has 0 saturated carbocycles. The number of hydrogen-bond acceptors (Lipinski definition) is 4. The number of thioether (sulfide) groups is 1. The third-order valence-electron chi connectivity index (χ3n) is 5.22. The van der Waals surface area contributed by atoms with Crippen molar-refractivity contribution in [2.24, 2.45) is 5.92 Å². The van der Waals surface area contributed by atoms with Crippen LogP contribution in [0.25, 0.3) is 0 Å². The van der Waals surface area contributed by atoms with Crippen molar-refractivity contribution in [2.75, 3.05) is 25.0 Å². The second kappa shape index (κ2) is 9.09. The van der Waals surface area contributed by atoms with Crippen LogP contribution < -0.4 is 10.1 Å². The summed E-state index contributed by atoms with van der Waals surface area (Å²) in [6.07, 6.45) is 2.20. The van der Waals surface area contributed by atoms with Gasteiger partial charge in [-0.05, 0) is 43.2 Å². The van der Waals surface area contributed by atoms with E-state index in [2.05, 4.69) is 5.32 Å². The Morgan fingerprint density at radius 2 is 2.07 bits per heavy atom. The molecule has 0 aromatic heterocycles. The van der Waals surface area contributed by atoms with Gasteiger partial charge < -0.3 is 15.0 Å². The van der Waals surface area contributed by atoms with Crippen molar-refractivity contribution in [2.45, 2.75) is 29.4 Å². The number of fused-ring (bicyclic) bond motifs is 1. The summed E-state index contributed by atoms with van der Waals surface area (Å²) < 4.78 is 5.87. The van der Waals surface area contributed by atoms with E-state index in [1.807, 2.05) is 41.3 Å². The van der Waals surface area contributed by atoms with Crippen molar-refractivity contribution >= 4 is 40.9 Å². The molecule has 1 N–H and O–H groups in total. The molecule has 0 bridgehead atoms. The van der Waals surface area contributed by atoms with E-state index in [0.717, 1.165) is 30.0 Å². The zero-order chi connectivity index (χ0) is 20.2. The van der Waals surface area contributed by atoms with E-state index >= 15 is 0 Å². The standard InChI is InChI=1S/C22H23ClN2O3S/c23-16-8-9-19-18(11-16)24-22(27)20(29-19)12-21(26)25-10-4-5-15(13-25)14-28-17-6-2-1-3-7-17/h1-3,6-9,11,15,20H,4-5,10,12-14H2,(H,24,27). The van der Waals surface area contributed by atoms with E-state index in [-0.39, 0.29) is 18.2 Å². The molecule has 2 aromatic rings. The number of benzene rings is 2. The van der Waals surface area contributed by atoms with Crippen LogP contribution in [-0.2, 0) is 9.59 Å². The number of nitrogens with zero attached hydrogens (tertiary/aromatic N) is 1. The average Bonchev–Trinajstić information content (AvgIpc) is 2.74. The Hall–Kier alpha value is -2.18. The first-order chi connectivity index (χ1) is 14.1. The van der Waals surface area contributed by atoms with Crippen molar-refractivity contribution in [3.05, 3.63) is 53.6 Å². The van der Waals surface area contributed by atoms with Crippen molar-refractivity contribution < 1.29 is 14.3 Å². The van der Waals surface area contributed by atoms with Crippen LogP contribution >= 0.6 is 23.4 Å². The van der Waals surface area contributed by atoms with Crippen molar-refractivity contribution in [3.8, 4) is 5.75 Å². The average molecular weight is 431 g/mol. The Kier molecular flexibility index (Phi) is 6.31. The quantitative estimate of drug-likeness (QED) is 0.760.